The van der Waals surface area contributed by atoms with Crippen molar-refractivity contribution in [2.75, 3.05) is 29.4 Å². The molecule has 4 nitrogen and oxygen atoms in total. The van der Waals surface area contributed by atoms with E-state index < -0.39 is 0 Å². The van der Waals surface area contributed by atoms with E-state index in [4.69, 9.17) is 0 Å². The summed E-state index contributed by atoms with van der Waals surface area (Å²) in [5.74, 6) is 1.09. The van der Waals surface area contributed by atoms with Gasteiger partial charge in [0.1, 0.15) is 5.78 Å². The minimum Gasteiger partial charge on any atom is -0.308 e. The van der Waals surface area contributed by atoms with Crippen molar-refractivity contribution in [1.29, 1.82) is 0 Å². The number of anilines is 2. The Morgan fingerprint density at radius 1 is 1.35 bits per heavy atom. The lowest BCUT2D eigenvalue weighted by Gasteiger charge is -2.17. The number of aliphatic imine (C=N–C) groups is 1. The second kappa shape index (κ2) is 4.37. The number of Topliss-reactive ketones (excluding diaryl/α,β-unsaturated/α-hetero) is 1. The zero-order chi connectivity index (χ0) is 11.1. The van der Waals surface area contributed by atoms with Gasteiger partial charge in [-0.25, -0.2) is 0 Å². The lowest BCUT2D eigenvalue weighted by atomic mass is 10.2. The van der Waals surface area contributed by atoms with Crippen molar-refractivity contribution in [3.63, 3.8) is 0 Å². The maximum atomic E-state index is 11.3. The molecule has 17 heavy (non-hydrogen) atoms. The number of halogens is 1. The number of hydrogen-bond donors (Lipinski definition) is 0. The van der Waals surface area contributed by atoms with Crippen LogP contribution in [0.3, 0.4) is 0 Å². The molecule has 0 amide bonds. The van der Waals surface area contributed by atoms with Crippen molar-refractivity contribution in [3.05, 3.63) is 24.3 Å². The van der Waals surface area contributed by atoms with Crippen molar-refractivity contribution in [2.45, 2.75) is 6.92 Å². The van der Waals surface area contributed by atoms with E-state index in [1.807, 2.05) is 23.1 Å². The molecular weight excluding hydrogens is 238 g/mol. The summed E-state index contributed by atoms with van der Waals surface area (Å²) in [6, 6.07) is 8.14. The van der Waals surface area contributed by atoms with Crippen LogP contribution >= 0.6 is 12.4 Å². The maximum absolute atomic E-state index is 11.3. The number of ketones is 1. The first-order chi connectivity index (χ1) is 7.77. The predicted molar refractivity (Wildman–Crippen MR) is 71.4 cm³/mol. The Bertz CT molecular complexity index is 486. The molecule has 0 saturated heterocycles. The van der Waals surface area contributed by atoms with Crippen LogP contribution < -0.4 is 9.80 Å². The minimum absolute atomic E-state index is 0. The number of fused-ring (bicyclic) bond motifs is 3. The smallest absolute Gasteiger partial charge is 0.206 e. The molecule has 2 aliphatic heterocycles. The molecule has 0 N–H and O–H groups in total. The van der Waals surface area contributed by atoms with Crippen LogP contribution in [0.5, 0.6) is 0 Å². The first kappa shape index (κ1) is 11.9. The number of benzene rings is 1. The van der Waals surface area contributed by atoms with E-state index >= 15 is 0 Å². The van der Waals surface area contributed by atoms with Gasteiger partial charge in [0.25, 0.3) is 0 Å². The van der Waals surface area contributed by atoms with Crippen molar-refractivity contribution in [3.8, 4) is 0 Å². The third-order valence-corrected chi connectivity index (χ3v) is 2.90. The lowest BCUT2D eigenvalue weighted by molar-refractivity contribution is -0.115. The van der Waals surface area contributed by atoms with Gasteiger partial charge in [-0.2, -0.15) is 0 Å². The Morgan fingerprint density at radius 2 is 2.06 bits per heavy atom. The molecule has 0 radical (unpaired) electrons. The molecule has 0 aliphatic carbocycles. The largest absolute Gasteiger partial charge is 0.308 e. The minimum atomic E-state index is 0. The highest BCUT2D eigenvalue weighted by Gasteiger charge is 2.35. The fraction of sp³-hybridized carbons (Fsp3) is 0.333. The average Bonchev–Trinajstić information content (AvgIpc) is 2.82. The quantitative estimate of drug-likeness (QED) is 0.803. The van der Waals surface area contributed by atoms with Gasteiger partial charge in [0.15, 0.2) is 0 Å². The van der Waals surface area contributed by atoms with Gasteiger partial charge < -0.3 is 9.80 Å². The normalized spacial score (nSPS) is 16.2. The molecule has 0 aromatic heterocycles. The number of guanidine groups is 1. The monoisotopic (exact) mass is 251 g/mol. The highest BCUT2D eigenvalue weighted by molar-refractivity contribution is 6.18. The van der Waals surface area contributed by atoms with Crippen LogP contribution in [-0.2, 0) is 4.79 Å². The Hall–Kier alpha value is -1.55. The number of carbonyl (C=O) groups is 1. The summed E-state index contributed by atoms with van der Waals surface area (Å²) < 4.78 is 0. The standard InChI is InChI=1S/C12H13N3O.ClH/c1-9(16)8-15-11-5-3-2-4-10(11)14-7-6-13-12(14)15;/h2-5H,6-8H2,1H3;1H. The van der Waals surface area contributed by atoms with Gasteiger partial charge in [-0.3, -0.25) is 9.79 Å². The van der Waals surface area contributed by atoms with Crippen LogP contribution in [0.4, 0.5) is 11.4 Å². The maximum Gasteiger partial charge on any atom is 0.206 e. The molecule has 0 saturated carbocycles. The summed E-state index contributed by atoms with van der Waals surface area (Å²) in [6.45, 7) is 3.76. The Kier molecular flexibility index (Phi) is 3.07. The van der Waals surface area contributed by atoms with Gasteiger partial charge >= 0.3 is 0 Å². The number of carbonyl (C=O) groups excluding carboxylic acids is 1. The van der Waals surface area contributed by atoms with Gasteiger partial charge in [-0.15, -0.1) is 12.4 Å². The van der Waals surface area contributed by atoms with E-state index in [2.05, 4.69) is 16.0 Å². The van der Waals surface area contributed by atoms with Gasteiger partial charge in [-0.05, 0) is 19.1 Å². The Balaban J connectivity index is 0.00000108. The van der Waals surface area contributed by atoms with Crippen LogP contribution in [0.15, 0.2) is 29.3 Å². The average molecular weight is 252 g/mol. The zero-order valence-electron chi connectivity index (χ0n) is 9.59. The van der Waals surface area contributed by atoms with Crippen LogP contribution in [-0.4, -0.2) is 31.4 Å². The van der Waals surface area contributed by atoms with Gasteiger partial charge in [0.2, 0.25) is 5.96 Å². The Labute approximate surface area is 106 Å². The molecule has 0 fully saturated rings. The van der Waals surface area contributed by atoms with Crippen LogP contribution in [0.1, 0.15) is 6.92 Å². The number of para-hydroxylation sites is 2. The van der Waals surface area contributed by atoms with Crippen molar-refractivity contribution >= 4 is 35.5 Å². The summed E-state index contributed by atoms with van der Waals surface area (Å²) in [5, 5.41) is 0. The number of hydrogen-bond acceptors (Lipinski definition) is 4. The second-order valence-corrected chi connectivity index (χ2v) is 4.11. The van der Waals surface area contributed by atoms with Crippen molar-refractivity contribution in [2.24, 2.45) is 4.99 Å². The second-order valence-electron chi connectivity index (χ2n) is 4.11. The fourth-order valence-corrected chi connectivity index (χ4v) is 2.30. The predicted octanol–water partition coefficient (Wildman–Crippen LogP) is 1.69. The number of nitrogens with zero attached hydrogens (tertiary/aromatic N) is 3. The first-order valence-electron chi connectivity index (χ1n) is 5.45. The SMILES string of the molecule is CC(=O)CN1C2=NCCN2c2ccccc21.Cl. The third-order valence-electron chi connectivity index (χ3n) is 2.90. The molecule has 0 bridgehead atoms. The number of rotatable bonds is 2. The molecule has 0 unspecified atom stereocenters. The van der Waals surface area contributed by atoms with Gasteiger partial charge in [0.05, 0.1) is 24.5 Å². The van der Waals surface area contributed by atoms with Crippen molar-refractivity contribution in [1.82, 2.24) is 0 Å². The van der Waals surface area contributed by atoms with E-state index in [0.717, 1.165) is 24.7 Å². The fourth-order valence-electron chi connectivity index (χ4n) is 2.30. The molecule has 0 spiro atoms. The van der Waals surface area contributed by atoms with E-state index in [9.17, 15) is 4.79 Å². The van der Waals surface area contributed by atoms with E-state index in [0.29, 0.717) is 6.54 Å². The molecule has 2 heterocycles. The highest BCUT2D eigenvalue weighted by Crippen LogP contribution is 2.38. The summed E-state index contributed by atoms with van der Waals surface area (Å²) in [7, 11) is 0. The Morgan fingerprint density at radius 3 is 2.76 bits per heavy atom. The van der Waals surface area contributed by atoms with Crippen LogP contribution in [0.25, 0.3) is 0 Å². The summed E-state index contributed by atoms with van der Waals surface area (Å²) in [4.78, 5) is 19.9. The van der Waals surface area contributed by atoms with Crippen LogP contribution in [0.2, 0.25) is 0 Å². The van der Waals surface area contributed by atoms with Gasteiger partial charge in [-0.1, -0.05) is 12.1 Å². The summed E-state index contributed by atoms with van der Waals surface area (Å²) in [5.41, 5.74) is 2.26. The molecule has 2 aliphatic rings. The zero-order valence-corrected chi connectivity index (χ0v) is 10.4. The molecule has 0 atom stereocenters. The molecule has 5 heteroatoms. The van der Waals surface area contributed by atoms with E-state index in [-0.39, 0.29) is 18.2 Å². The van der Waals surface area contributed by atoms with Crippen LogP contribution in [0, 0.1) is 0 Å². The molecular formula is C12H14ClN3O. The van der Waals surface area contributed by atoms with E-state index in [1.165, 1.54) is 5.69 Å². The first-order valence-corrected chi connectivity index (χ1v) is 5.45. The lowest BCUT2D eigenvalue weighted by Crippen LogP contribution is -2.38. The molecule has 1 aromatic rings. The molecule has 1 aromatic carbocycles. The summed E-state index contributed by atoms with van der Waals surface area (Å²) in [6.07, 6.45) is 0. The highest BCUT2D eigenvalue weighted by atomic mass is 35.5. The van der Waals surface area contributed by atoms with Gasteiger partial charge in [0, 0.05) is 6.54 Å². The third kappa shape index (κ3) is 1.78. The van der Waals surface area contributed by atoms with Crippen molar-refractivity contribution < 1.29 is 4.79 Å². The molecule has 90 valence electrons. The van der Waals surface area contributed by atoms with E-state index in [1.54, 1.807) is 6.92 Å². The topological polar surface area (TPSA) is 35.9 Å². The molecule has 3 rings (SSSR count). The summed E-state index contributed by atoms with van der Waals surface area (Å²) >= 11 is 0.